The fourth-order valence-electron chi connectivity index (χ4n) is 10.2. The molecule has 11 aromatic carbocycles. The standard InChI is InChI=1S/C58H36N2/c1-2-16-43(17-3-1)59-53-23-10-8-21-47(53)49-30-28-40(36-56(49)59)39-29-32-55-52(34-39)48-22-9-11-24-54(48)60(55)44-18-12-15-41(33-44)51-35-42-26-25-37-13-4-6-19-45(37)57(42)58-46-20-7-5-14-38(46)27-31-50(51)58/h1-36H. The molecule has 13 aromatic rings. The van der Waals surface area contributed by atoms with E-state index in [0.29, 0.717) is 0 Å². The number of hydrogen-bond donors (Lipinski definition) is 0. The lowest BCUT2D eigenvalue weighted by Crippen LogP contribution is -1.95. The number of hydrogen-bond acceptors (Lipinski definition) is 0. The van der Waals surface area contributed by atoms with Crippen LogP contribution in [0.4, 0.5) is 0 Å². The zero-order valence-corrected chi connectivity index (χ0v) is 32.7. The molecule has 2 heteroatoms. The molecule has 0 saturated heterocycles. The van der Waals surface area contributed by atoms with Gasteiger partial charge in [-0.05, 0) is 126 Å². The summed E-state index contributed by atoms with van der Waals surface area (Å²) < 4.78 is 4.84. The Bertz CT molecular complexity index is 3880. The Labute approximate surface area is 346 Å². The maximum absolute atomic E-state index is 2.45. The predicted octanol–water partition coefficient (Wildman–Crippen LogP) is 15.8. The first-order valence-electron chi connectivity index (χ1n) is 20.8. The van der Waals surface area contributed by atoms with E-state index in [1.54, 1.807) is 0 Å². The second-order valence-electron chi connectivity index (χ2n) is 16.1. The highest BCUT2D eigenvalue weighted by Crippen LogP contribution is 2.43. The zero-order chi connectivity index (χ0) is 39.3. The van der Waals surface area contributed by atoms with E-state index in [0.717, 1.165) is 5.69 Å². The molecule has 2 heterocycles. The summed E-state index contributed by atoms with van der Waals surface area (Å²) in [4.78, 5) is 0. The number of nitrogens with zero attached hydrogens (tertiary/aromatic N) is 2. The van der Waals surface area contributed by atoms with Gasteiger partial charge in [0.15, 0.2) is 0 Å². The third-order valence-electron chi connectivity index (χ3n) is 12.8. The lowest BCUT2D eigenvalue weighted by molar-refractivity contribution is 1.18. The number of rotatable bonds is 4. The van der Waals surface area contributed by atoms with E-state index in [9.17, 15) is 0 Å². The fourth-order valence-corrected chi connectivity index (χ4v) is 10.2. The summed E-state index contributed by atoms with van der Waals surface area (Å²) in [6.07, 6.45) is 0. The van der Waals surface area contributed by atoms with Gasteiger partial charge in [-0.3, -0.25) is 0 Å². The predicted molar refractivity (Wildman–Crippen MR) is 256 cm³/mol. The van der Waals surface area contributed by atoms with Crippen LogP contribution in [0.1, 0.15) is 0 Å². The minimum atomic E-state index is 1.15. The minimum absolute atomic E-state index is 1.15. The van der Waals surface area contributed by atoms with E-state index in [1.165, 1.54) is 115 Å². The van der Waals surface area contributed by atoms with Gasteiger partial charge in [-0.2, -0.15) is 0 Å². The van der Waals surface area contributed by atoms with Crippen LogP contribution in [0, 0.1) is 0 Å². The highest BCUT2D eigenvalue weighted by molar-refractivity contribution is 6.30. The molecule has 0 aliphatic rings. The quantitative estimate of drug-likeness (QED) is 0.158. The zero-order valence-electron chi connectivity index (χ0n) is 32.7. The molecule has 60 heavy (non-hydrogen) atoms. The topological polar surface area (TPSA) is 9.86 Å². The van der Waals surface area contributed by atoms with Crippen molar-refractivity contribution in [2.75, 3.05) is 0 Å². The van der Waals surface area contributed by atoms with Crippen molar-refractivity contribution in [2.24, 2.45) is 0 Å². The number of fused-ring (bicyclic) bond motifs is 13. The molecule has 2 aromatic heterocycles. The molecule has 0 saturated carbocycles. The highest BCUT2D eigenvalue weighted by atomic mass is 15.0. The van der Waals surface area contributed by atoms with Gasteiger partial charge in [0.05, 0.1) is 22.1 Å². The number of para-hydroxylation sites is 3. The van der Waals surface area contributed by atoms with Gasteiger partial charge in [-0.25, -0.2) is 0 Å². The van der Waals surface area contributed by atoms with Gasteiger partial charge in [-0.1, -0.05) is 158 Å². The summed E-state index contributed by atoms with van der Waals surface area (Å²) in [5.41, 5.74) is 12.0. The molecule has 278 valence electrons. The summed E-state index contributed by atoms with van der Waals surface area (Å²) in [5, 5.41) is 15.3. The number of benzene rings is 11. The molecule has 0 spiro atoms. The first-order valence-corrected chi connectivity index (χ1v) is 20.8. The Morgan fingerprint density at radius 3 is 1.55 bits per heavy atom. The third kappa shape index (κ3) is 4.82. The summed E-state index contributed by atoms with van der Waals surface area (Å²) in [6.45, 7) is 0. The molecular formula is C58H36N2. The second kappa shape index (κ2) is 12.8. The molecule has 13 rings (SSSR count). The molecule has 0 radical (unpaired) electrons. The van der Waals surface area contributed by atoms with E-state index in [-0.39, 0.29) is 0 Å². The Kier molecular flexibility index (Phi) is 7.05. The van der Waals surface area contributed by atoms with Crippen molar-refractivity contribution in [2.45, 2.75) is 0 Å². The maximum atomic E-state index is 2.45. The fraction of sp³-hybridized carbons (Fsp3) is 0. The van der Waals surface area contributed by atoms with Crippen LogP contribution in [0.2, 0.25) is 0 Å². The van der Waals surface area contributed by atoms with Crippen molar-refractivity contribution in [3.05, 3.63) is 218 Å². The molecular weight excluding hydrogens is 725 g/mol. The molecule has 0 aliphatic heterocycles. The van der Waals surface area contributed by atoms with Gasteiger partial charge in [0, 0.05) is 32.9 Å². The molecule has 0 atom stereocenters. The SMILES string of the molecule is c1ccc(-n2c3ccccc3c3ccc(-c4ccc5c(c4)c4ccccc4n5-c4cccc(-c5cc6ccc7ccccc7c6c6c5ccc5ccccc56)c4)cc32)cc1. The summed E-state index contributed by atoms with van der Waals surface area (Å²) in [5.74, 6) is 0. The Morgan fingerprint density at radius 1 is 0.233 bits per heavy atom. The van der Waals surface area contributed by atoms with Crippen molar-refractivity contribution >= 4 is 86.7 Å². The molecule has 0 aliphatic carbocycles. The van der Waals surface area contributed by atoms with Crippen molar-refractivity contribution < 1.29 is 0 Å². The normalized spacial score (nSPS) is 12.0. The van der Waals surface area contributed by atoms with Crippen LogP contribution in [-0.2, 0) is 0 Å². The molecule has 0 N–H and O–H groups in total. The lowest BCUT2D eigenvalue weighted by Gasteiger charge is -2.16. The smallest absolute Gasteiger partial charge is 0.0547 e. The molecule has 0 amide bonds. The largest absolute Gasteiger partial charge is 0.309 e. The van der Waals surface area contributed by atoms with Crippen LogP contribution in [0.15, 0.2) is 218 Å². The van der Waals surface area contributed by atoms with Crippen LogP contribution in [0.3, 0.4) is 0 Å². The van der Waals surface area contributed by atoms with E-state index >= 15 is 0 Å². The van der Waals surface area contributed by atoms with Gasteiger partial charge < -0.3 is 9.13 Å². The second-order valence-corrected chi connectivity index (χ2v) is 16.1. The average Bonchev–Trinajstić information content (AvgIpc) is 3.83. The first-order chi connectivity index (χ1) is 29.8. The number of aromatic nitrogens is 2. The summed E-state index contributed by atoms with van der Waals surface area (Å²) >= 11 is 0. The Balaban J connectivity index is 1.000. The van der Waals surface area contributed by atoms with Crippen LogP contribution in [0.25, 0.3) is 120 Å². The maximum Gasteiger partial charge on any atom is 0.0547 e. The van der Waals surface area contributed by atoms with E-state index < -0.39 is 0 Å². The van der Waals surface area contributed by atoms with E-state index in [1.807, 2.05) is 0 Å². The van der Waals surface area contributed by atoms with Crippen LogP contribution >= 0.6 is 0 Å². The van der Waals surface area contributed by atoms with Gasteiger partial charge in [0.2, 0.25) is 0 Å². The van der Waals surface area contributed by atoms with Crippen molar-refractivity contribution in [1.29, 1.82) is 0 Å². The Hall–Kier alpha value is -7.94. The van der Waals surface area contributed by atoms with Crippen molar-refractivity contribution in [3.63, 3.8) is 0 Å². The lowest BCUT2D eigenvalue weighted by atomic mass is 9.88. The Morgan fingerprint density at radius 2 is 0.767 bits per heavy atom. The first kappa shape index (κ1) is 33.1. The van der Waals surface area contributed by atoms with Gasteiger partial charge in [0.1, 0.15) is 0 Å². The monoisotopic (exact) mass is 760 g/mol. The molecule has 0 unspecified atom stereocenters. The molecule has 0 bridgehead atoms. The van der Waals surface area contributed by atoms with E-state index in [2.05, 4.69) is 228 Å². The highest BCUT2D eigenvalue weighted by Gasteiger charge is 2.18. The molecule has 0 fully saturated rings. The van der Waals surface area contributed by atoms with Gasteiger partial charge in [-0.15, -0.1) is 0 Å². The van der Waals surface area contributed by atoms with E-state index in [4.69, 9.17) is 0 Å². The summed E-state index contributed by atoms with van der Waals surface area (Å²) in [6, 6.07) is 80.6. The van der Waals surface area contributed by atoms with Gasteiger partial charge in [0.25, 0.3) is 0 Å². The van der Waals surface area contributed by atoms with Crippen LogP contribution in [0.5, 0.6) is 0 Å². The third-order valence-corrected chi connectivity index (χ3v) is 12.8. The van der Waals surface area contributed by atoms with Crippen LogP contribution < -0.4 is 0 Å². The van der Waals surface area contributed by atoms with Gasteiger partial charge >= 0.3 is 0 Å². The molecule has 2 nitrogen and oxygen atoms in total. The van der Waals surface area contributed by atoms with Crippen molar-refractivity contribution in [3.8, 4) is 33.6 Å². The van der Waals surface area contributed by atoms with Crippen molar-refractivity contribution in [1.82, 2.24) is 9.13 Å². The summed E-state index contributed by atoms with van der Waals surface area (Å²) in [7, 11) is 0. The van der Waals surface area contributed by atoms with Crippen LogP contribution in [-0.4, -0.2) is 9.13 Å². The minimum Gasteiger partial charge on any atom is -0.309 e. The average molecular weight is 761 g/mol.